The summed E-state index contributed by atoms with van der Waals surface area (Å²) in [6, 6.07) is 7.54. The lowest BCUT2D eigenvalue weighted by Gasteiger charge is -2.08. The minimum Gasteiger partial charge on any atom is -0.497 e. The van der Waals surface area contributed by atoms with Gasteiger partial charge in [-0.25, -0.2) is 0 Å². The van der Waals surface area contributed by atoms with E-state index in [1.165, 1.54) is 0 Å². The number of ketones is 1. The number of hydrogen-bond donors (Lipinski definition) is 1. The standard InChI is InChI=1S/C12H17NO2/c1-9(8-13)12(14)7-10-4-3-5-11(6-10)15-2/h3-6,9H,7-8,13H2,1-2H3. The zero-order chi connectivity index (χ0) is 11.3. The Kier molecular flexibility index (Phi) is 4.31. The van der Waals surface area contributed by atoms with Crippen LogP contribution in [0.3, 0.4) is 0 Å². The molecule has 0 radical (unpaired) electrons. The summed E-state index contributed by atoms with van der Waals surface area (Å²) in [7, 11) is 1.61. The van der Waals surface area contributed by atoms with E-state index in [0.717, 1.165) is 11.3 Å². The van der Waals surface area contributed by atoms with Crippen LogP contribution in [0.15, 0.2) is 24.3 Å². The first-order chi connectivity index (χ1) is 7.17. The Labute approximate surface area is 90.2 Å². The van der Waals surface area contributed by atoms with E-state index in [9.17, 15) is 4.79 Å². The van der Waals surface area contributed by atoms with Crippen LogP contribution in [0, 0.1) is 5.92 Å². The van der Waals surface area contributed by atoms with Crippen molar-refractivity contribution in [3.63, 3.8) is 0 Å². The van der Waals surface area contributed by atoms with Crippen LogP contribution in [-0.4, -0.2) is 19.4 Å². The molecular formula is C12H17NO2. The summed E-state index contributed by atoms with van der Waals surface area (Å²) in [5, 5.41) is 0. The van der Waals surface area contributed by atoms with E-state index < -0.39 is 0 Å². The van der Waals surface area contributed by atoms with Crippen molar-refractivity contribution in [2.75, 3.05) is 13.7 Å². The minimum atomic E-state index is -0.0730. The van der Waals surface area contributed by atoms with Crippen molar-refractivity contribution >= 4 is 5.78 Å². The zero-order valence-corrected chi connectivity index (χ0v) is 9.19. The molecule has 0 aliphatic heterocycles. The van der Waals surface area contributed by atoms with E-state index in [1.54, 1.807) is 7.11 Å². The molecule has 0 amide bonds. The molecular weight excluding hydrogens is 190 g/mol. The summed E-state index contributed by atoms with van der Waals surface area (Å²) >= 11 is 0. The average Bonchev–Trinajstić information content (AvgIpc) is 2.28. The van der Waals surface area contributed by atoms with Gasteiger partial charge in [-0.1, -0.05) is 19.1 Å². The molecule has 0 saturated carbocycles. The number of methoxy groups -OCH3 is 1. The number of nitrogens with two attached hydrogens (primary N) is 1. The maximum Gasteiger partial charge on any atom is 0.141 e. The lowest BCUT2D eigenvalue weighted by Crippen LogP contribution is -2.22. The molecule has 3 nitrogen and oxygen atoms in total. The van der Waals surface area contributed by atoms with Crippen molar-refractivity contribution in [2.45, 2.75) is 13.3 Å². The van der Waals surface area contributed by atoms with Gasteiger partial charge in [-0.2, -0.15) is 0 Å². The van der Waals surface area contributed by atoms with Gasteiger partial charge in [0.25, 0.3) is 0 Å². The van der Waals surface area contributed by atoms with Crippen LogP contribution in [0.25, 0.3) is 0 Å². The van der Waals surface area contributed by atoms with Crippen molar-refractivity contribution < 1.29 is 9.53 Å². The van der Waals surface area contributed by atoms with Crippen LogP contribution in [0.1, 0.15) is 12.5 Å². The first kappa shape index (κ1) is 11.7. The highest BCUT2D eigenvalue weighted by molar-refractivity contribution is 5.83. The number of benzene rings is 1. The van der Waals surface area contributed by atoms with Crippen LogP contribution in [0.5, 0.6) is 5.75 Å². The molecule has 0 aliphatic carbocycles. The molecule has 15 heavy (non-hydrogen) atoms. The fraction of sp³-hybridized carbons (Fsp3) is 0.417. The van der Waals surface area contributed by atoms with Gasteiger partial charge in [0.15, 0.2) is 0 Å². The molecule has 0 spiro atoms. The fourth-order valence-corrected chi connectivity index (χ4v) is 1.29. The number of carbonyl (C=O) groups is 1. The largest absolute Gasteiger partial charge is 0.497 e. The third-order valence-corrected chi connectivity index (χ3v) is 2.42. The Bertz CT molecular complexity index is 336. The maximum atomic E-state index is 11.6. The molecule has 0 bridgehead atoms. The molecule has 0 fully saturated rings. The van der Waals surface area contributed by atoms with Crippen molar-refractivity contribution in [3.8, 4) is 5.75 Å². The third kappa shape index (κ3) is 3.36. The SMILES string of the molecule is COc1cccc(CC(=O)C(C)CN)c1. The Balaban J connectivity index is 2.68. The quantitative estimate of drug-likeness (QED) is 0.794. The summed E-state index contributed by atoms with van der Waals surface area (Å²) in [5.74, 6) is 0.877. The lowest BCUT2D eigenvalue weighted by molar-refractivity contribution is -0.121. The van der Waals surface area contributed by atoms with Crippen molar-refractivity contribution in [1.82, 2.24) is 0 Å². The van der Waals surface area contributed by atoms with E-state index in [2.05, 4.69) is 0 Å². The van der Waals surface area contributed by atoms with Gasteiger partial charge in [0.1, 0.15) is 11.5 Å². The topological polar surface area (TPSA) is 52.3 Å². The first-order valence-electron chi connectivity index (χ1n) is 5.03. The highest BCUT2D eigenvalue weighted by Crippen LogP contribution is 2.14. The molecule has 1 aromatic rings. The van der Waals surface area contributed by atoms with Gasteiger partial charge in [-0.05, 0) is 17.7 Å². The minimum absolute atomic E-state index is 0.0730. The first-order valence-corrected chi connectivity index (χ1v) is 5.03. The Morgan fingerprint density at radius 1 is 1.53 bits per heavy atom. The summed E-state index contributed by atoms with van der Waals surface area (Å²) < 4.78 is 5.09. The summed E-state index contributed by atoms with van der Waals surface area (Å²) in [6.45, 7) is 2.26. The molecule has 82 valence electrons. The molecule has 1 rings (SSSR count). The van der Waals surface area contributed by atoms with E-state index in [0.29, 0.717) is 13.0 Å². The van der Waals surface area contributed by atoms with Gasteiger partial charge in [0.2, 0.25) is 0 Å². The summed E-state index contributed by atoms with van der Waals surface area (Å²) in [4.78, 5) is 11.6. The fourth-order valence-electron chi connectivity index (χ4n) is 1.29. The summed E-state index contributed by atoms with van der Waals surface area (Å²) in [6.07, 6.45) is 0.426. The van der Waals surface area contributed by atoms with Gasteiger partial charge in [0.05, 0.1) is 7.11 Å². The second-order valence-electron chi connectivity index (χ2n) is 3.63. The van der Waals surface area contributed by atoms with E-state index in [4.69, 9.17) is 10.5 Å². The van der Waals surface area contributed by atoms with Gasteiger partial charge in [0, 0.05) is 18.9 Å². The molecule has 0 aliphatic rings. The molecule has 1 atom stereocenters. The molecule has 2 N–H and O–H groups in total. The predicted octanol–water partition coefficient (Wildman–Crippen LogP) is 1.40. The predicted molar refractivity (Wildman–Crippen MR) is 59.9 cm³/mol. The van der Waals surface area contributed by atoms with Crippen molar-refractivity contribution in [3.05, 3.63) is 29.8 Å². The highest BCUT2D eigenvalue weighted by atomic mass is 16.5. The van der Waals surface area contributed by atoms with E-state index >= 15 is 0 Å². The van der Waals surface area contributed by atoms with Crippen LogP contribution in [0.4, 0.5) is 0 Å². The van der Waals surface area contributed by atoms with E-state index in [-0.39, 0.29) is 11.7 Å². The lowest BCUT2D eigenvalue weighted by atomic mass is 9.99. The van der Waals surface area contributed by atoms with Gasteiger partial charge in [-0.3, -0.25) is 4.79 Å². The van der Waals surface area contributed by atoms with Crippen molar-refractivity contribution in [1.29, 1.82) is 0 Å². The number of carbonyl (C=O) groups excluding carboxylic acids is 1. The normalized spacial score (nSPS) is 12.2. The molecule has 0 saturated heterocycles. The monoisotopic (exact) mass is 207 g/mol. The molecule has 3 heteroatoms. The Morgan fingerprint density at radius 3 is 2.87 bits per heavy atom. The maximum absolute atomic E-state index is 11.6. The highest BCUT2D eigenvalue weighted by Gasteiger charge is 2.11. The van der Waals surface area contributed by atoms with E-state index in [1.807, 2.05) is 31.2 Å². The molecule has 1 unspecified atom stereocenters. The average molecular weight is 207 g/mol. The van der Waals surface area contributed by atoms with Gasteiger partial charge in [-0.15, -0.1) is 0 Å². The molecule has 0 heterocycles. The van der Waals surface area contributed by atoms with Crippen LogP contribution in [-0.2, 0) is 11.2 Å². The Morgan fingerprint density at radius 2 is 2.27 bits per heavy atom. The Hall–Kier alpha value is -1.35. The van der Waals surface area contributed by atoms with Gasteiger partial charge >= 0.3 is 0 Å². The van der Waals surface area contributed by atoms with Crippen LogP contribution < -0.4 is 10.5 Å². The second kappa shape index (κ2) is 5.51. The van der Waals surface area contributed by atoms with Crippen LogP contribution in [0.2, 0.25) is 0 Å². The number of rotatable bonds is 5. The number of Topliss-reactive ketones (excluding diaryl/α,β-unsaturated/α-hetero) is 1. The molecule has 1 aromatic carbocycles. The zero-order valence-electron chi connectivity index (χ0n) is 9.19. The van der Waals surface area contributed by atoms with Crippen molar-refractivity contribution in [2.24, 2.45) is 11.7 Å². The number of ether oxygens (including phenoxy) is 1. The van der Waals surface area contributed by atoms with Crippen LogP contribution >= 0.6 is 0 Å². The molecule has 0 aromatic heterocycles. The summed E-state index contributed by atoms with van der Waals surface area (Å²) in [5.41, 5.74) is 6.41. The third-order valence-electron chi connectivity index (χ3n) is 2.42. The number of hydrogen-bond acceptors (Lipinski definition) is 3. The smallest absolute Gasteiger partial charge is 0.141 e. The second-order valence-corrected chi connectivity index (χ2v) is 3.63. The van der Waals surface area contributed by atoms with Gasteiger partial charge < -0.3 is 10.5 Å².